The van der Waals surface area contributed by atoms with Gasteiger partial charge in [0.1, 0.15) is 0 Å². The minimum absolute atomic E-state index is 0. The summed E-state index contributed by atoms with van der Waals surface area (Å²) >= 11 is 0. The Morgan fingerprint density at radius 2 is 1.87 bits per heavy atom. The fraction of sp³-hybridized carbons (Fsp3) is 0.562. The van der Waals surface area contributed by atoms with E-state index in [4.69, 9.17) is 0 Å². The van der Waals surface area contributed by atoms with Crippen LogP contribution in [-0.4, -0.2) is 22.5 Å². The predicted octanol–water partition coefficient (Wildman–Crippen LogP) is 3.85. The second-order valence-corrected chi connectivity index (χ2v) is 6.42. The molecule has 2 N–H and O–H groups in total. The fourth-order valence-corrected chi connectivity index (χ4v) is 1.71. The Morgan fingerprint density at radius 3 is 2.30 bits per heavy atom. The first-order valence-electron chi connectivity index (χ1n) is 7.53. The lowest BCUT2D eigenvalue weighted by Gasteiger charge is -2.26. The number of hydrogen-bond donors (Lipinski definition) is 2. The number of aliphatic imine (C=N–C) groups is 1. The first-order valence-corrected chi connectivity index (χ1v) is 7.53. The standard InChI is InChI=1S/C16H26N4O2.HI/c1-6-12(2)18-15(19-16(3,4)5)17-11-13-7-9-14(10-8-13)20(21)22;/h7-10,12H,6,11H2,1-5H3,(H2,17,18,19);1H. The van der Waals surface area contributed by atoms with Gasteiger partial charge in [0.05, 0.1) is 11.5 Å². The number of guanidine groups is 1. The molecule has 0 fully saturated rings. The van der Waals surface area contributed by atoms with E-state index >= 15 is 0 Å². The highest BCUT2D eigenvalue weighted by Crippen LogP contribution is 2.12. The molecule has 0 aliphatic carbocycles. The normalized spacial score (nSPS) is 13.0. The minimum Gasteiger partial charge on any atom is -0.354 e. The highest BCUT2D eigenvalue weighted by atomic mass is 127. The first kappa shape index (κ1) is 21.6. The van der Waals surface area contributed by atoms with Crippen LogP contribution in [0.15, 0.2) is 29.3 Å². The Hall–Kier alpha value is -1.38. The average molecular weight is 434 g/mol. The number of rotatable bonds is 5. The Morgan fingerprint density at radius 1 is 1.30 bits per heavy atom. The fourth-order valence-electron chi connectivity index (χ4n) is 1.71. The predicted molar refractivity (Wildman–Crippen MR) is 105 cm³/mol. The molecule has 6 nitrogen and oxygen atoms in total. The van der Waals surface area contributed by atoms with Gasteiger partial charge in [-0.25, -0.2) is 4.99 Å². The molecule has 0 aliphatic rings. The zero-order valence-electron chi connectivity index (χ0n) is 14.4. The van der Waals surface area contributed by atoms with Crippen LogP contribution in [0.3, 0.4) is 0 Å². The summed E-state index contributed by atoms with van der Waals surface area (Å²) in [6.07, 6.45) is 1.00. The summed E-state index contributed by atoms with van der Waals surface area (Å²) in [4.78, 5) is 14.8. The van der Waals surface area contributed by atoms with Crippen LogP contribution >= 0.6 is 24.0 Å². The van der Waals surface area contributed by atoms with E-state index < -0.39 is 4.92 Å². The van der Waals surface area contributed by atoms with E-state index in [1.807, 2.05) is 0 Å². The molecule has 0 saturated heterocycles. The molecule has 0 amide bonds. The number of nitrogens with zero attached hydrogens (tertiary/aromatic N) is 2. The van der Waals surface area contributed by atoms with E-state index in [2.05, 4.69) is 50.2 Å². The molecule has 1 atom stereocenters. The summed E-state index contributed by atoms with van der Waals surface area (Å²) in [6, 6.07) is 6.80. The van der Waals surface area contributed by atoms with Gasteiger partial charge in [0.2, 0.25) is 0 Å². The van der Waals surface area contributed by atoms with Crippen molar-refractivity contribution in [2.45, 2.75) is 59.2 Å². The molecule has 1 unspecified atom stereocenters. The Labute approximate surface area is 155 Å². The quantitative estimate of drug-likeness (QED) is 0.243. The maximum absolute atomic E-state index is 10.6. The second-order valence-electron chi connectivity index (χ2n) is 6.42. The molecule has 130 valence electrons. The van der Waals surface area contributed by atoms with Gasteiger partial charge in [0, 0.05) is 23.7 Å². The van der Waals surface area contributed by atoms with Crippen LogP contribution in [0.5, 0.6) is 0 Å². The number of halogens is 1. The number of nitrogens with one attached hydrogen (secondary N) is 2. The number of benzene rings is 1. The monoisotopic (exact) mass is 434 g/mol. The smallest absolute Gasteiger partial charge is 0.269 e. The zero-order valence-corrected chi connectivity index (χ0v) is 16.8. The van der Waals surface area contributed by atoms with Gasteiger partial charge in [-0.2, -0.15) is 0 Å². The summed E-state index contributed by atoms with van der Waals surface area (Å²) in [6.45, 7) is 10.9. The third-order valence-electron chi connectivity index (χ3n) is 3.06. The van der Waals surface area contributed by atoms with Crippen LogP contribution in [0.25, 0.3) is 0 Å². The van der Waals surface area contributed by atoms with Crippen LogP contribution in [0.2, 0.25) is 0 Å². The first-order chi connectivity index (χ1) is 10.2. The van der Waals surface area contributed by atoms with Gasteiger partial charge in [-0.1, -0.05) is 19.1 Å². The molecule has 0 aromatic heterocycles. The van der Waals surface area contributed by atoms with Crippen molar-refractivity contribution in [1.82, 2.24) is 10.6 Å². The maximum Gasteiger partial charge on any atom is 0.269 e. The molecule has 0 saturated carbocycles. The van der Waals surface area contributed by atoms with Crippen molar-refractivity contribution in [1.29, 1.82) is 0 Å². The Balaban J connectivity index is 0.00000484. The molecule has 0 spiro atoms. The Bertz CT molecular complexity index is 524. The summed E-state index contributed by atoms with van der Waals surface area (Å²) in [5, 5.41) is 17.4. The molecule has 0 bridgehead atoms. The second kappa shape index (κ2) is 9.69. The van der Waals surface area contributed by atoms with Crippen molar-refractivity contribution >= 4 is 35.6 Å². The van der Waals surface area contributed by atoms with E-state index in [1.54, 1.807) is 12.1 Å². The van der Waals surface area contributed by atoms with Crippen molar-refractivity contribution in [2.24, 2.45) is 4.99 Å². The van der Waals surface area contributed by atoms with Gasteiger partial charge >= 0.3 is 0 Å². The average Bonchev–Trinajstić information content (AvgIpc) is 2.43. The van der Waals surface area contributed by atoms with Crippen molar-refractivity contribution in [3.05, 3.63) is 39.9 Å². The largest absolute Gasteiger partial charge is 0.354 e. The molecule has 0 radical (unpaired) electrons. The number of nitro benzene ring substituents is 1. The third-order valence-corrected chi connectivity index (χ3v) is 3.06. The van der Waals surface area contributed by atoms with Crippen LogP contribution in [-0.2, 0) is 6.54 Å². The van der Waals surface area contributed by atoms with Crippen molar-refractivity contribution in [3.63, 3.8) is 0 Å². The van der Waals surface area contributed by atoms with Gasteiger partial charge in [-0.15, -0.1) is 24.0 Å². The third kappa shape index (κ3) is 8.73. The highest BCUT2D eigenvalue weighted by Gasteiger charge is 2.13. The lowest BCUT2D eigenvalue weighted by molar-refractivity contribution is -0.384. The summed E-state index contributed by atoms with van der Waals surface area (Å²) in [5.74, 6) is 0.750. The summed E-state index contributed by atoms with van der Waals surface area (Å²) in [5.41, 5.74) is 0.942. The van der Waals surface area contributed by atoms with Gasteiger partial charge in [-0.05, 0) is 39.7 Å². The molecular formula is C16H27IN4O2. The molecule has 1 aromatic rings. The van der Waals surface area contributed by atoms with Gasteiger partial charge < -0.3 is 10.6 Å². The van der Waals surface area contributed by atoms with E-state index in [0.29, 0.717) is 12.6 Å². The summed E-state index contributed by atoms with van der Waals surface area (Å²) in [7, 11) is 0. The molecular weight excluding hydrogens is 407 g/mol. The van der Waals surface area contributed by atoms with Gasteiger partial charge in [0.15, 0.2) is 5.96 Å². The van der Waals surface area contributed by atoms with Crippen molar-refractivity contribution in [3.8, 4) is 0 Å². The lowest BCUT2D eigenvalue weighted by Crippen LogP contribution is -2.50. The number of hydrogen-bond acceptors (Lipinski definition) is 3. The number of non-ortho nitro benzene ring substituents is 1. The minimum atomic E-state index is -0.399. The molecule has 0 heterocycles. The SMILES string of the molecule is CCC(C)NC(=NCc1ccc([N+](=O)[O-])cc1)NC(C)(C)C.I. The van der Waals surface area contributed by atoms with Gasteiger partial charge in [-0.3, -0.25) is 10.1 Å². The van der Waals surface area contributed by atoms with E-state index in [9.17, 15) is 10.1 Å². The van der Waals surface area contributed by atoms with Crippen molar-refractivity contribution in [2.75, 3.05) is 0 Å². The lowest BCUT2D eigenvalue weighted by atomic mass is 10.1. The topological polar surface area (TPSA) is 79.6 Å². The van der Waals surface area contributed by atoms with Crippen LogP contribution < -0.4 is 10.6 Å². The molecule has 7 heteroatoms. The van der Waals surface area contributed by atoms with Crippen LogP contribution in [0, 0.1) is 10.1 Å². The number of nitro groups is 1. The van der Waals surface area contributed by atoms with Crippen LogP contribution in [0.4, 0.5) is 5.69 Å². The maximum atomic E-state index is 10.6. The molecule has 1 rings (SSSR count). The Kier molecular flexibility index (Phi) is 9.11. The molecule has 0 aliphatic heterocycles. The molecule has 1 aromatic carbocycles. The van der Waals surface area contributed by atoms with E-state index in [-0.39, 0.29) is 35.2 Å². The van der Waals surface area contributed by atoms with E-state index in [1.165, 1.54) is 12.1 Å². The summed E-state index contributed by atoms with van der Waals surface area (Å²) < 4.78 is 0. The molecule has 23 heavy (non-hydrogen) atoms. The van der Waals surface area contributed by atoms with Gasteiger partial charge in [0.25, 0.3) is 5.69 Å². The zero-order chi connectivity index (χ0) is 16.8. The highest BCUT2D eigenvalue weighted by molar-refractivity contribution is 14.0. The van der Waals surface area contributed by atoms with Crippen molar-refractivity contribution < 1.29 is 4.92 Å². The van der Waals surface area contributed by atoms with Crippen LogP contribution in [0.1, 0.15) is 46.6 Å². The van der Waals surface area contributed by atoms with E-state index in [0.717, 1.165) is 17.9 Å².